The summed E-state index contributed by atoms with van der Waals surface area (Å²) in [6, 6.07) is 25.2. The van der Waals surface area contributed by atoms with Gasteiger partial charge in [-0.15, -0.1) is 0 Å². The SMILES string of the molecule is O.O=C1c2ccc(Cl)cc2CCc2c(Cl)ccnc21.O=C1c2ccc(Cl)cc2CCc2ccc(Cl)nc21.O=C1c2ccc(Cl)cc2CCc2cccnc21. The van der Waals surface area contributed by atoms with Gasteiger partial charge in [-0.05, 0) is 139 Å². The Morgan fingerprint density at radius 1 is 0.444 bits per heavy atom. The van der Waals surface area contributed by atoms with Gasteiger partial charge < -0.3 is 5.48 Å². The second-order valence-electron chi connectivity index (χ2n) is 12.7. The molecule has 3 aromatic carbocycles. The van der Waals surface area contributed by atoms with Crippen molar-refractivity contribution in [3.05, 3.63) is 190 Å². The van der Waals surface area contributed by atoms with Crippen molar-refractivity contribution in [2.75, 3.05) is 0 Å². The Morgan fingerprint density at radius 2 is 0.907 bits per heavy atom. The molecule has 7 nitrogen and oxygen atoms in total. The lowest BCUT2D eigenvalue weighted by atomic mass is 10.0. The molecule has 0 fully saturated rings. The normalized spacial score (nSPS) is 13.5. The topological polar surface area (TPSA) is 121 Å². The Bertz CT molecular complexity index is 2430. The van der Waals surface area contributed by atoms with E-state index in [-0.39, 0.29) is 22.8 Å². The molecule has 0 amide bonds. The van der Waals surface area contributed by atoms with Gasteiger partial charge in [0.15, 0.2) is 0 Å². The highest BCUT2D eigenvalue weighted by Gasteiger charge is 2.25. The molecule has 0 saturated carbocycles. The number of aromatic nitrogens is 3. The van der Waals surface area contributed by atoms with Gasteiger partial charge in [0, 0.05) is 54.7 Å². The minimum absolute atomic E-state index is 0. The molecule has 9 rings (SSSR count). The molecule has 0 atom stereocenters. The van der Waals surface area contributed by atoms with Crippen molar-refractivity contribution in [2.45, 2.75) is 38.5 Å². The van der Waals surface area contributed by atoms with Gasteiger partial charge in [0.05, 0.1) is 0 Å². The molecule has 3 aliphatic rings. The first-order valence-corrected chi connectivity index (χ1v) is 18.7. The van der Waals surface area contributed by atoms with E-state index in [1.54, 1.807) is 60.9 Å². The molecule has 6 aromatic rings. The van der Waals surface area contributed by atoms with Crippen molar-refractivity contribution in [1.82, 2.24) is 15.0 Å². The Morgan fingerprint density at radius 3 is 1.48 bits per heavy atom. The molecule has 272 valence electrons. The number of aryl methyl sites for hydroxylation is 5. The van der Waals surface area contributed by atoms with Gasteiger partial charge in [0.1, 0.15) is 22.2 Å². The number of pyridine rings is 3. The first-order chi connectivity index (χ1) is 25.6. The fourth-order valence-electron chi connectivity index (χ4n) is 6.76. The van der Waals surface area contributed by atoms with Crippen LogP contribution >= 0.6 is 58.0 Å². The Balaban J connectivity index is 0.000000137. The molecular formula is C42H30Cl5N3O4. The van der Waals surface area contributed by atoms with E-state index < -0.39 is 0 Å². The lowest BCUT2D eigenvalue weighted by molar-refractivity contribution is 0.102. The van der Waals surface area contributed by atoms with Crippen molar-refractivity contribution in [3.63, 3.8) is 0 Å². The monoisotopic (exact) mass is 815 g/mol. The fourth-order valence-corrected chi connectivity index (χ4v) is 7.73. The van der Waals surface area contributed by atoms with Gasteiger partial charge in [-0.25, -0.2) is 4.98 Å². The maximum atomic E-state index is 12.4. The van der Waals surface area contributed by atoms with Crippen LogP contribution < -0.4 is 0 Å². The van der Waals surface area contributed by atoms with E-state index >= 15 is 0 Å². The minimum Gasteiger partial charge on any atom is -0.412 e. The molecule has 0 aliphatic heterocycles. The average molecular weight is 818 g/mol. The van der Waals surface area contributed by atoms with Gasteiger partial charge >= 0.3 is 0 Å². The Labute approximate surface area is 336 Å². The third kappa shape index (κ3) is 8.27. The van der Waals surface area contributed by atoms with E-state index in [0.717, 1.165) is 71.0 Å². The number of rotatable bonds is 0. The summed E-state index contributed by atoms with van der Waals surface area (Å²) >= 11 is 29.9. The summed E-state index contributed by atoms with van der Waals surface area (Å²) in [7, 11) is 0. The Kier molecular flexibility index (Phi) is 12.3. The third-order valence-corrected chi connectivity index (χ3v) is 10.7. The lowest BCUT2D eigenvalue weighted by Gasteiger charge is -2.05. The van der Waals surface area contributed by atoms with E-state index in [2.05, 4.69) is 15.0 Å². The van der Waals surface area contributed by atoms with Gasteiger partial charge in [0.25, 0.3) is 0 Å². The number of halogens is 5. The van der Waals surface area contributed by atoms with Crippen LogP contribution in [0.15, 0.2) is 97.3 Å². The van der Waals surface area contributed by atoms with E-state index in [0.29, 0.717) is 59.9 Å². The average Bonchev–Trinajstić information content (AvgIpc) is 3.45. The van der Waals surface area contributed by atoms with Crippen LogP contribution in [-0.2, 0) is 38.5 Å². The maximum Gasteiger partial charge on any atom is 0.211 e. The van der Waals surface area contributed by atoms with Crippen molar-refractivity contribution < 1.29 is 19.9 Å². The molecule has 2 N–H and O–H groups in total. The zero-order valence-electron chi connectivity index (χ0n) is 28.4. The number of hydrogen-bond acceptors (Lipinski definition) is 6. The lowest BCUT2D eigenvalue weighted by Crippen LogP contribution is -2.06. The summed E-state index contributed by atoms with van der Waals surface area (Å²) in [4.78, 5) is 49.7. The number of nitrogens with zero attached hydrogens (tertiary/aromatic N) is 3. The Hall–Kier alpha value is -4.47. The molecule has 12 heteroatoms. The summed E-state index contributed by atoms with van der Waals surface area (Å²) in [5.41, 5.74) is 9.31. The third-order valence-electron chi connectivity index (χ3n) is 9.39. The molecule has 0 unspecified atom stereocenters. The molecule has 3 heterocycles. The van der Waals surface area contributed by atoms with Crippen LogP contribution in [0.2, 0.25) is 25.2 Å². The zero-order valence-corrected chi connectivity index (χ0v) is 32.2. The summed E-state index contributed by atoms with van der Waals surface area (Å²) in [6.45, 7) is 0. The van der Waals surface area contributed by atoms with Crippen LogP contribution in [0.4, 0.5) is 0 Å². The maximum absolute atomic E-state index is 12.4. The van der Waals surface area contributed by atoms with Crippen LogP contribution in [-0.4, -0.2) is 37.8 Å². The van der Waals surface area contributed by atoms with Crippen LogP contribution in [0.3, 0.4) is 0 Å². The van der Waals surface area contributed by atoms with Crippen molar-refractivity contribution >= 4 is 75.4 Å². The highest BCUT2D eigenvalue weighted by molar-refractivity contribution is 6.33. The highest BCUT2D eigenvalue weighted by atomic mass is 35.5. The number of fused-ring (bicyclic) bond motifs is 6. The van der Waals surface area contributed by atoms with Crippen molar-refractivity contribution in [3.8, 4) is 0 Å². The van der Waals surface area contributed by atoms with Gasteiger partial charge in [-0.3, -0.25) is 24.4 Å². The molecule has 0 radical (unpaired) electrons. The summed E-state index contributed by atoms with van der Waals surface area (Å²) in [5, 5.41) is 2.92. The largest absolute Gasteiger partial charge is 0.412 e. The van der Waals surface area contributed by atoms with E-state index in [4.69, 9.17) is 58.0 Å². The van der Waals surface area contributed by atoms with Crippen molar-refractivity contribution in [2.24, 2.45) is 0 Å². The molecular weight excluding hydrogens is 788 g/mol. The molecule has 0 saturated heterocycles. The quantitative estimate of drug-likeness (QED) is 0.141. The summed E-state index contributed by atoms with van der Waals surface area (Å²) < 4.78 is 0. The number of carbonyl (C=O) groups excluding carboxylic acids is 3. The van der Waals surface area contributed by atoms with E-state index in [1.165, 1.54) is 0 Å². The van der Waals surface area contributed by atoms with Crippen LogP contribution in [0.5, 0.6) is 0 Å². The van der Waals surface area contributed by atoms with Gasteiger partial charge in [-0.2, -0.15) is 0 Å². The summed E-state index contributed by atoms with van der Waals surface area (Å²) in [6.07, 6.45) is 7.93. The highest BCUT2D eigenvalue weighted by Crippen LogP contribution is 2.30. The molecule has 0 bridgehead atoms. The summed E-state index contributed by atoms with van der Waals surface area (Å²) in [5.74, 6) is -0.141. The van der Waals surface area contributed by atoms with Crippen LogP contribution in [0.25, 0.3) is 0 Å². The minimum atomic E-state index is -0.0725. The van der Waals surface area contributed by atoms with Crippen LogP contribution in [0.1, 0.15) is 81.5 Å². The van der Waals surface area contributed by atoms with Gasteiger partial charge in [0.2, 0.25) is 17.3 Å². The fraction of sp³-hybridized carbons (Fsp3) is 0.143. The first-order valence-electron chi connectivity index (χ1n) is 16.8. The smallest absolute Gasteiger partial charge is 0.211 e. The van der Waals surface area contributed by atoms with Crippen LogP contribution in [0, 0.1) is 0 Å². The van der Waals surface area contributed by atoms with Crippen molar-refractivity contribution in [1.29, 1.82) is 0 Å². The number of benzene rings is 3. The standard InChI is InChI=1S/2C14H9Cl2NO.C14H10ClNO.H2O/c15-9-2-4-10-8(7-9)1-3-11-12(16)5-6-17-13(11)14(10)18;15-10-4-5-11-9(7-10)2-1-8-3-6-12(16)17-13(8)14(11)18;15-11-5-6-12-10(8-11)4-3-9-2-1-7-16-13(9)14(12)17;/h2,4-7H,1,3H2;3-7H,1-2H2;1-2,5-8H,3-4H2;1H2. The number of carbonyl (C=O) groups is 3. The first kappa shape index (κ1) is 39.2. The molecule has 0 spiro atoms. The zero-order chi connectivity index (χ0) is 37.2. The number of ketones is 3. The second kappa shape index (κ2) is 16.9. The predicted octanol–water partition coefficient (Wildman–Crippen LogP) is 9.68. The van der Waals surface area contributed by atoms with E-state index in [9.17, 15) is 14.4 Å². The van der Waals surface area contributed by atoms with E-state index in [1.807, 2.05) is 36.4 Å². The number of hydrogen-bond donors (Lipinski definition) is 0. The van der Waals surface area contributed by atoms with Gasteiger partial charge in [-0.1, -0.05) is 70.1 Å². The molecule has 3 aliphatic carbocycles. The molecule has 54 heavy (non-hydrogen) atoms. The molecule has 3 aromatic heterocycles. The second-order valence-corrected chi connectivity index (χ2v) is 14.8. The predicted molar refractivity (Wildman–Crippen MR) is 213 cm³/mol.